The highest BCUT2D eigenvalue weighted by Crippen LogP contribution is 2.23. The van der Waals surface area contributed by atoms with E-state index in [0.717, 1.165) is 12.8 Å². The van der Waals surface area contributed by atoms with Crippen LogP contribution in [0.15, 0.2) is 18.2 Å². The molecule has 0 aliphatic carbocycles. The Balaban J connectivity index is 3.02. The summed E-state index contributed by atoms with van der Waals surface area (Å²) in [5.41, 5.74) is 10.3. The molecule has 1 aromatic rings. The Labute approximate surface area is 93.7 Å². The number of aryl methyl sites for hydroxylation is 1. The first-order chi connectivity index (χ1) is 7.06. The molecule has 0 aliphatic heterocycles. The summed E-state index contributed by atoms with van der Waals surface area (Å²) in [7, 11) is 0. The Hall–Kier alpha value is -0.820. The summed E-state index contributed by atoms with van der Waals surface area (Å²) in [6.45, 7) is 8.83. The molecule has 0 bridgehead atoms. The van der Waals surface area contributed by atoms with Crippen molar-refractivity contribution in [1.82, 2.24) is 0 Å². The molecule has 1 rings (SSSR count). The molecule has 0 aliphatic rings. The van der Waals surface area contributed by atoms with Crippen LogP contribution in [0.25, 0.3) is 0 Å². The van der Waals surface area contributed by atoms with E-state index in [9.17, 15) is 0 Å². The van der Waals surface area contributed by atoms with Crippen LogP contribution in [0.3, 0.4) is 0 Å². The highest BCUT2D eigenvalue weighted by Gasteiger charge is 2.11. The number of benzene rings is 1. The van der Waals surface area contributed by atoms with Crippen LogP contribution in [0.1, 0.15) is 49.8 Å². The predicted octanol–water partition coefficient (Wildman–Crippen LogP) is 3.40. The maximum Gasteiger partial charge on any atom is 0.00769 e. The van der Waals surface area contributed by atoms with E-state index >= 15 is 0 Å². The molecule has 1 nitrogen and oxygen atoms in total. The van der Waals surface area contributed by atoms with Gasteiger partial charge in [-0.25, -0.2) is 0 Å². The fraction of sp³-hybridized carbons (Fsp3) is 0.571. The van der Waals surface area contributed by atoms with Gasteiger partial charge < -0.3 is 5.73 Å². The Morgan fingerprint density at radius 3 is 2.47 bits per heavy atom. The first-order valence-corrected chi connectivity index (χ1v) is 5.90. The van der Waals surface area contributed by atoms with Crippen LogP contribution in [-0.4, -0.2) is 6.04 Å². The molecule has 0 spiro atoms. The molecule has 15 heavy (non-hydrogen) atoms. The molecule has 1 heteroatoms. The summed E-state index contributed by atoms with van der Waals surface area (Å²) >= 11 is 0. The van der Waals surface area contributed by atoms with Gasteiger partial charge in [-0.15, -0.1) is 0 Å². The lowest BCUT2D eigenvalue weighted by atomic mass is 9.89. The fourth-order valence-corrected chi connectivity index (χ4v) is 1.95. The second-order valence-corrected chi connectivity index (χ2v) is 4.67. The maximum absolute atomic E-state index is 6.04. The topological polar surface area (TPSA) is 26.0 Å². The van der Waals surface area contributed by atoms with E-state index in [4.69, 9.17) is 5.73 Å². The van der Waals surface area contributed by atoms with E-state index in [1.54, 1.807) is 0 Å². The Morgan fingerprint density at radius 2 is 1.93 bits per heavy atom. The van der Waals surface area contributed by atoms with E-state index < -0.39 is 0 Å². The Bertz CT molecular complexity index is 315. The van der Waals surface area contributed by atoms with Crippen molar-refractivity contribution < 1.29 is 0 Å². The predicted molar refractivity (Wildman–Crippen MR) is 67.2 cm³/mol. The molecule has 0 saturated heterocycles. The van der Waals surface area contributed by atoms with Gasteiger partial charge in [-0.1, -0.05) is 39.0 Å². The van der Waals surface area contributed by atoms with E-state index in [-0.39, 0.29) is 0 Å². The summed E-state index contributed by atoms with van der Waals surface area (Å²) in [4.78, 5) is 0. The van der Waals surface area contributed by atoms with Gasteiger partial charge in [-0.05, 0) is 42.4 Å². The van der Waals surface area contributed by atoms with Gasteiger partial charge >= 0.3 is 0 Å². The first kappa shape index (κ1) is 12.3. The van der Waals surface area contributed by atoms with Crippen molar-refractivity contribution >= 4 is 0 Å². The molecule has 0 heterocycles. The second-order valence-electron chi connectivity index (χ2n) is 4.67. The van der Waals surface area contributed by atoms with Crippen molar-refractivity contribution in [2.24, 2.45) is 5.73 Å². The standard InChI is InChI=1S/C14H23N/c1-5-12(15)9-14-11(4)7-6-8-13(14)10(2)3/h6-8,10,12H,5,9,15H2,1-4H3/t12-/m0/s1. The zero-order chi connectivity index (χ0) is 11.4. The molecule has 0 unspecified atom stereocenters. The summed E-state index contributed by atoms with van der Waals surface area (Å²) in [6.07, 6.45) is 2.06. The van der Waals surface area contributed by atoms with Crippen molar-refractivity contribution in [2.75, 3.05) is 0 Å². The van der Waals surface area contributed by atoms with Crippen LogP contribution in [0.2, 0.25) is 0 Å². The number of rotatable bonds is 4. The fourth-order valence-electron chi connectivity index (χ4n) is 1.95. The molecule has 1 atom stereocenters. The third-order valence-electron chi connectivity index (χ3n) is 3.06. The van der Waals surface area contributed by atoms with Crippen LogP contribution in [0.4, 0.5) is 0 Å². The average molecular weight is 205 g/mol. The summed E-state index contributed by atoms with van der Waals surface area (Å²) in [5.74, 6) is 0.587. The third-order valence-corrected chi connectivity index (χ3v) is 3.06. The molecular formula is C14H23N. The van der Waals surface area contributed by atoms with Gasteiger partial charge in [0.2, 0.25) is 0 Å². The van der Waals surface area contributed by atoms with E-state index in [0.29, 0.717) is 12.0 Å². The molecule has 1 aromatic carbocycles. The summed E-state index contributed by atoms with van der Waals surface area (Å²) in [5, 5.41) is 0. The zero-order valence-electron chi connectivity index (χ0n) is 10.4. The van der Waals surface area contributed by atoms with Crippen LogP contribution < -0.4 is 5.73 Å². The van der Waals surface area contributed by atoms with Crippen molar-refractivity contribution in [3.63, 3.8) is 0 Å². The highest BCUT2D eigenvalue weighted by atomic mass is 14.6. The molecular weight excluding hydrogens is 182 g/mol. The minimum atomic E-state index is 0.295. The minimum absolute atomic E-state index is 0.295. The lowest BCUT2D eigenvalue weighted by Crippen LogP contribution is -2.22. The van der Waals surface area contributed by atoms with Gasteiger partial charge in [-0.3, -0.25) is 0 Å². The Kier molecular flexibility index (Phi) is 4.34. The lowest BCUT2D eigenvalue weighted by molar-refractivity contribution is 0.637. The normalized spacial score (nSPS) is 13.2. The van der Waals surface area contributed by atoms with Gasteiger partial charge in [0.25, 0.3) is 0 Å². The zero-order valence-corrected chi connectivity index (χ0v) is 10.4. The smallest absolute Gasteiger partial charge is 0.00769 e. The third kappa shape index (κ3) is 3.07. The first-order valence-electron chi connectivity index (χ1n) is 5.90. The van der Waals surface area contributed by atoms with Crippen LogP contribution in [0.5, 0.6) is 0 Å². The van der Waals surface area contributed by atoms with E-state index in [1.165, 1.54) is 16.7 Å². The largest absolute Gasteiger partial charge is 0.327 e. The monoisotopic (exact) mass is 205 g/mol. The van der Waals surface area contributed by atoms with Crippen LogP contribution in [0, 0.1) is 6.92 Å². The van der Waals surface area contributed by atoms with E-state index in [1.807, 2.05) is 0 Å². The van der Waals surface area contributed by atoms with Crippen molar-refractivity contribution in [1.29, 1.82) is 0 Å². The molecule has 0 amide bonds. The van der Waals surface area contributed by atoms with Crippen molar-refractivity contribution in [3.05, 3.63) is 34.9 Å². The highest BCUT2D eigenvalue weighted by molar-refractivity contribution is 5.37. The van der Waals surface area contributed by atoms with Crippen LogP contribution >= 0.6 is 0 Å². The summed E-state index contributed by atoms with van der Waals surface area (Å²) in [6, 6.07) is 6.86. The van der Waals surface area contributed by atoms with Gasteiger partial charge in [0.05, 0.1) is 0 Å². The molecule has 2 N–H and O–H groups in total. The van der Waals surface area contributed by atoms with Gasteiger partial charge in [0.1, 0.15) is 0 Å². The van der Waals surface area contributed by atoms with Gasteiger partial charge in [0, 0.05) is 6.04 Å². The van der Waals surface area contributed by atoms with Crippen molar-refractivity contribution in [3.8, 4) is 0 Å². The molecule has 0 aromatic heterocycles. The van der Waals surface area contributed by atoms with Gasteiger partial charge in [0.15, 0.2) is 0 Å². The molecule has 0 fully saturated rings. The molecule has 84 valence electrons. The average Bonchev–Trinajstić information content (AvgIpc) is 2.20. The number of nitrogens with two attached hydrogens (primary N) is 1. The number of hydrogen-bond donors (Lipinski definition) is 1. The van der Waals surface area contributed by atoms with E-state index in [2.05, 4.69) is 45.9 Å². The quantitative estimate of drug-likeness (QED) is 0.801. The SMILES string of the molecule is CC[C@H](N)Cc1c(C)cccc1C(C)C. The number of hydrogen-bond acceptors (Lipinski definition) is 1. The van der Waals surface area contributed by atoms with Crippen LogP contribution in [-0.2, 0) is 6.42 Å². The molecule has 0 saturated carbocycles. The minimum Gasteiger partial charge on any atom is -0.327 e. The van der Waals surface area contributed by atoms with Crippen molar-refractivity contribution in [2.45, 2.75) is 52.5 Å². The Morgan fingerprint density at radius 1 is 1.27 bits per heavy atom. The lowest BCUT2D eigenvalue weighted by Gasteiger charge is -2.18. The van der Waals surface area contributed by atoms with Gasteiger partial charge in [-0.2, -0.15) is 0 Å². The second kappa shape index (κ2) is 5.32. The molecule has 0 radical (unpaired) electrons. The maximum atomic E-state index is 6.04. The summed E-state index contributed by atoms with van der Waals surface area (Å²) < 4.78 is 0.